The van der Waals surface area contributed by atoms with Crippen LogP contribution in [0.25, 0.3) is 0 Å². The van der Waals surface area contributed by atoms with Crippen LogP contribution in [0, 0.1) is 0 Å². The number of furan rings is 1. The van der Waals surface area contributed by atoms with E-state index in [4.69, 9.17) is 9.52 Å². The van der Waals surface area contributed by atoms with Gasteiger partial charge in [0.15, 0.2) is 0 Å². The molecule has 2 heterocycles. The van der Waals surface area contributed by atoms with Crippen LogP contribution in [0.1, 0.15) is 37.9 Å². The van der Waals surface area contributed by atoms with Gasteiger partial charge in [0, 0.05) is 19.0 Å². The summed E-state index contributed by atoms with van der Waals surface area (Å²) in [5, 5.41) is 13.9. The predicted molar refractivity (Wildman–Crippen MR) is 85.2 cm³/mol. The summed E-state index contributed by atoms with van der Waals surface area (Å²) in [5.74, 6) is -0.414. The third-order valence-electron chi connectivity index (χ3n) is 4.04. The topological polar surface area (TPSA) is 112 Å². The molecule has 8 nitrogen and oxygen atoms in total. The lowest BCUT2D eigenvalue weighted by atomic mass is 9.98. The molecule has 1 fully saturated rings. The van der Waals surface area contributed by atoms with Crippen molar-refractivity contribution in [3.05, 3.63) is 24.2 Å². The second-order valence-corrected chi connectivity index (χ2v) is 5.78. The molecule has 132 valence electrons. The van der Waals surface area contributed by atoms with Crippen molar-refractivity contribution in [3.63, 3.8) is 0 Å². The zero-order valence-electron chi connectivity index (χ0n) is 13.5. The van der Waals surface area contributed by atoms with E-state index in [1.165, 1.54) is 6.26 Å². The minimum atomic E-state index is -0.858. The maximum atomic E-state index is 12.3. The quantitative estimate of drug-likeness (QED) is 0.695. The van der Waals surface area contributed by atoms with Gasteiger partial charge in [-0.15, -0.1) is 0 Å². The number of nitrogens with zero attached hydrogens (tertiary/aromatic N) is 1. The van der Waals surface area contributed by atoms with Crippen LogP contribution in [0.2, 0.25) is 0 Å². The van der Waals surface area contributed by atoms with E-state index < -0.39 is 12.0 Å². The Morgan fingerprint density at radius 1 is 1.29 bits per heavy atom. The third-order valence-corrected chi connectivity index (χ3v) is 4.04. The number of aliphatic carboxylic acids is 1. The molecule has 1 aromatic rings. The van der Waals surface area contributed by atoms with E-state index in [9.17, 15) is 14.4 Å². The van der Waals surface area contributed by atoms with Crippen LogP contribution >= 0.6 is 0 Å². The number of carbonyl (C=O) groups excluding carboxylic acids is 2. The molecule has 3 N–H and O–H groups in total. The lowest BCUT2D eigenvalue weighted by molar-refractivity contribution is -0.139. The highest BCUT2D eigenvalue weighted by Gasteiger charge is 2.26. The van der Waals surface area contributed by atoms with Crippen LogP contribution in [-0.4, -0.2) is 47.0 Å². The van der Waals surface area contributed by atoms with Crippen molar-refractivity contribution in [2.24, 2.45) is 0 Å². The van der Waals surface area contributed by atoms with Crippen molar-refractivity contribution in [1.82, 2.24) is 15.5 Å². The van der Waals surface area contributed by atoms with Crippen molar-refractivity contribution in [2.75, 3.05) is 13.1 Å². The molecule has 0 saturated carbocycles. The van der Waals surface area contributed by atoms with E-state index in [-0.39, 0.29) is 31.5 Å². The fourth-order valence-corrected chi connectivity index (χ4v) is 2.82. The zero-order chi connectivity index (χ0) is 17.4. The molecule has 2 rings (SSSR count). The Morgan fingerprint density at radius 2 is 2.12 bits per heavy atom. The number of carbonyl (C=O) groups is 3. The Bertz CT molecular complexity index is 558. The van der Waals surface area contributed by atoms with Crippen LogP contribution in [0.4, 0.5) is 4.79 Å². The second kappa shape index (κ2) is 8.95. The van der Waals surface area contributed by atoms with Gasteiger partial charge >= 0.3 is 12.0 Å². The minimum absolute atomic E-state index is 0.0471. The number of piperidine rings is 1. The molecule has 0 bridgehead atoms. The zero-order valence-corrected chi connectivity index (χ0v) is 13.5. The lowest BCUT2D eigenvalue weighted by Gasteiger charge is -2.35. The van der Waals surface area contributed by atoms with Gasteiger partial charge in [0.25, 0.3) is 0 Å². The van der Waals surface area contributed by atoms with Gasteiger partial charge in [-0.05, 0) is 37.8 Å². The van der Waals surface area contributed by atoms with E-state index in [0.717, 1.165) is 19.3 Å². The molecule has 3 amide bonds. The van der Waals surface area contributed by atoms with Crippen LogP contribution < -0.4 is 10.6 Å². The Balaban J connectivity index is 1.74. The van der Waals surface area contributed by atoms with E-state index in [1.807, 2.05) is 0 Å². The predicted octanol–water partition coefficient (Wildman–Crippen LogP) is 1.32. The largest absolute Gasteiger partial charge is 0.481 e. The van der Waals surface area contributed by atoms with Crippen molar-refractivity contribution in [1.29, 1.82) is 0 Å². The SMILES string of the molecule is O=C(O)CCC1CCCCN1C(=O)CNC(=O)NCc1ccco1. The number of carboxylic acids is 1. The Morgan fingerprint density at radius 3 is 2.83 bits per heavy atom. The molecule has 24 heavy (non-hydrogen) atoms. The molecule has 0 radical (unpaired) electrons. The average molecular weight is 337 g/mol. The molecule has 1 saturated heterocycles. The van der Waals surface area contributed by atoms with Gasteiger partial charge in [0.2, 0.25) is 5.91 Å². The Kier molecular flexibility index (Phi) is 6.65. The molecule has 1 aliphatic heterocycles. The van der Waals surface area contributed by atoms with Gasteiger partial charge in [-0.3, -0.25) is 9.59 Å². The second-order valence-electron chi connectivity index (χ2n) is 5.78. The maximum Gasteiger partial charge on any atom is 0.315 e. The fourth-order valence-electron chi connectivity index (χ4n) is 2.82. The maximum absolute atomic E-state index is 12.3. The normalized spacial score (nSPS) is 17.3. The number of hydrogen-bond acceptors (Lipinski definition) is 4. The smallest absolute Gasteiger partial charge is 0.315 e. The number of carboxylic acid groups (broad SMARTS) is 1. The van der Waals surface area contributed by atoms with Crippen molar-refractivity contribution >= 4 is 17.9 Å². The number of urea groups is 1. The highest BCUT2D eigenvalue weighted by atomic mass is 16.4. The molecule has 8 heteroatoms. The summed E-state index contributed by atoms with van der Waals surface area (Å²) in [6, 6.07) is 2.97. The Labute approximate surface area is 140 Å². The summed E-state index contributed by atoms with van der Waals surface area (Å²) in [7, 11) is 0. The summed E-state index contributed by atoms with van der Waals surface area (Å²) >= 11 is 0. The van der Waals surface area contributed by atoms with E-state index >= 15 is 0 Å². The molecule has 1 aromatic heterocycles. The van der Waals surface area contributed by atoms with Gasteiger partial charge in [0.05, 0.1) is 19.4 Å². The fraction of sp³-hybridized carbons (Fsp3) is 0.562. The summed E-state index contributed by atoms with van der Waals surface area (Å²) in [6.45, 7) is 0.754. The van der Waals surface area contributed by atoms with Gasteiger partial charge in [-0.1, -0.05) is 0 Å². The number of hydrogen-bond donors (Lipinski definition) is 3. The van der Waals surface area contributed by atoms with Gasteiger partial charge in [0.1, 0.15) is 5.76 Å². The van der Waals surface area contributed by atoms with Crippen molar-refractivity contribution < 1.29 is 23.9 Å². The van der Waals surface area contributed by atoms with E-state index in [1.54, 1.807) is 17.0 Å². The monoisotopic (exact) mass is 337 g/mol. The molecular weight excluding hydrogens is 314 g/mol. The molecule has 1 atom stereocenters. The van der Waals surface area contributed by atoms with Crippen LogP contribution in [0.15, 0.2) is 22.8 Å². The van der Waals surface area contributed by atoms with Crippen LogP contribution in [-0.2, 0) is 16.1 Å². The molecule has 1 aliphatic rings. The summed E-state index contributed by atoms with van der Waals surface area (Å²) in [6.07, 6.45) is 4.72. The average Bonchev–Trinajstić information content (AvgIpc) is 3.09. The van der Waals surface area contributed by atoms with Crippen molar-refractivity contribution in [2.45, 2.75) is 44.7 Å². The number of nitrogens with one attached hydrogen (secondary N) is 2. The number of likely N-dealkylation sites (tertiary alicyclic amines) is 1. The van der Waals surface area contributed by atoms with Crippen LogP contribution in [0.5, 0.6) is 0 Å². The molecule has 1 unspecified atom stereocenters. The third kappa shape index (κ3) is 5.60. The first-order valence-electron chi connectivity index (χ1n) is 8.11. The molecular formula is C16H23N3O5. The van der Waals surface area contributed by atoms with Gasteiger partial charge < -0.3 is 25.1 Å². The first-order valence-corrected chi connectivity index (χ1v) is 8.11. The minimum Gasteiger partial charge on any atom is -0.481 e. The lowest BCUT2D eigenvalue weighted by Crippen LogP contribution is -2.49. The van der Waals surface area contributed by atoms with Crippen LogP contribution in [0.3, 0.4) is 0 Å². The van der Waals surface area contributed by atoms with E-state index in [2.05, 4.69) is 10.6 Å². The number of amides is 3. The molecule has 0 spiro atoms. The van der Waals surface area contributed by atoms with Gasteiger partial charge in [-0.2, -0.15) is 0 Å². The summed E-state index contributed by atoms with van der Waals surface area (Å²) < 4.78 is 5.10. The first-order chi connectivity index (χ1) is 11.6. The standard InChI is InChI=1S/C16H23N3O5/c20-14(11-18-16(23)17-10-13-5-3-9-24-13)19-8-2-1-4-12(19)6-7-15(21)22/h3,5,9,12H,1-2,4,6-8,10-11H2,(H,21,22)(H2,17,18,23). The number of rotatable bonds is 7. The summed E-state index contributed by atoms with van der Waals surface area (Å²) in [4.78, 5) is 36.4. The van der Waals surface area contributed by atoms with E-state index in [0.29, 0.717) is 18.7 Å². The first kappa shape index (κ1) is 17.8. The van der Waals surface area contributed by atoms with Gasteiger partial charge in [-0.25, -0.2) is 4.79 Å². The summed E-state index contributed by atoms with van der Waals surface area (Å²) in [5.41, 5.74) is 0. The molecule has 0 aromatic carbocycles. The Hall–Kier alpha value is -2.51. The van der Waals surface area contributed by atoms with Crippen molar-refractivity contribution in [3.8, 4) is 0 Å². The highest BCUT2D eigenvalue weighted by molar-refractivity contribution is 5.84. The molecule has 0 aliphatic carbocycles. The highest BCUT2D eigenvalue weighted by Crippen LogP contribution is 2.20.